The minimum atomic E-state index is -1.39. The molecule has 3 atom stereocenters. The second kappa shape index (κ2) is 43.2. The summed E-state index contributed by atoms with van der Waals surface area (Å²) in [5.74, 6) is -3.59. The number of rotatable bonds is 51. The van der Waals surface area contributed by atoms with Crippen molar-refractivity contribution in [2.75, 3.05) is 71.4 Å². The van der Waals surface area contributed by atoms with Crippen molar-refractivity contribution in [1.82, 2.24) is 5.32 Å². The molecule has 0 heterocycles. The van der Waals surface area contributed by atoms with Crippen molar-refractivity contribution in [3.63, 3.8) is 0 Å². The number of thioether (sulfide) groups is 1. The molecule has 16 nitrogen and oxygen atoms in total. The summed E-state index contributed by atoms with van der Waals surface area (Å²) in [5.41, 5.74) is 0. The first kappa shape index (κ1) is 62.9. The molecule has 0 aromatic carbocycles. The van der Waals surface area contributed by atoms with Gasteiger partial charge in [0, 0.05) is 58.2 Å². The standard InChI is InChI=1S/C49H85NO15S/c1-38(2)44(48(58)59)35-41(53)22-9-5-4-6-17-33-66-34-18-8-11-19-39(51)21-13-15-27-62-29-31-64-32-30-63-28-16-14-23-42(54)36-65-37-46(55)43(47(56)57)26-25-40(52)20-10-7-12-24-45(50-3)49(60)61/h38,43-45,50H,4-37H2,1-3H3,(H,56,57)(H,58,59)(H,60,61). The lowest BCUT2D eigenvalue weighted by Gasteiger charge is -2.14. The smallest absolute Gasteiger partial charge is 0.320 e. The van der Waals surface area contributed by atoms with E-state index in [1.807, 2.05) is 25.6 Å². The molecule has 0 bridgehead atoms. The third kappa shape index (κ3) is 37.9. The van der Waals surface area contributed by atoms with Crippen molar-refractivity contribution >= 4 is 58.6 Å². The van der Waals surface area contributed by atoms with Crippen LogP contribution in [-0.2, 0) is 57.3 Å². The highest BCUT2D eigenvalue weighted by Gasteiger charge is 2.27. The van der Waals surface area contributed by atoms with Gasteiger partial charge in [-0.25, -0.2) is 0 Å². The Hall–Kier alpha value is -3.09. The minimum absolute atomic E-state index is 0.0345. The van der Waals surface area contributed by atoms with Gasteiger partial charge in [0.25, 0.3) is 0 Å². The molecule has 0 aliphatic carbocycles. The van der Waals surface area contributed by atoms with Gasteiger partial charge >= 0.3 is 17.9 Å². The summed E-state index contributed by atoms with van der Waals surface area (Å²) in [4.78, 5) is 95.0. The topological polar surface area (TPSA) is 246 Å². The van der Waals surface area contributed by atoms with Crippen LogP contribution in [0.3, 0.4) is 0 Å². The molecule has 0 rings (SSSR count). The summed E-state index contributed by atoms with van der Waals surface area (Å²) in [6, 6.07) is -0.633. The number of hydrogen-bond acceptors (Lipinski definition) is 14. The molecule has 66 heavy (non-hydrogen) atoms. The first-order valence-corrected chi connectivity index (χ1v) is 25.7. The van der Waals surface area contributed by atoms with E-state index in [0.717, 1.165) is 69.3 Å². The molecule has 0 amide bonds. The molecule has 17 heteroatoms. The molecule has 0 spiro atoms. The Labute approximate surface area is 398 Å². The van der Waals surface area contributed by atoms with Crippen LogP contribution in [0.15, 0.2) is 0 Å². The van der Waals surface area contributed by atoms with E-state index in [9.17, 15) is 48.6 Å². The lowest BCUT2D eigenvalue weighted by Crippen LogP contribution is -2.33. The molecule has 0 saturated carbocycles. The van der Waals surface area contributed by atoms with Crippen molar-refractivity contribution in [2.45, 2.75) is 174 Å². The normalized spacial score (nSPS) is 12.8. The largest absolute Gasteiger partial charge is 0.481 e. The summed E-state index contributed by atoms with van der Waals surface area (Å²) in [5, 5.41) is 30.5. The Kier molecular flexibility index (Phi) is 41.2. The minimum Gasteiger partial charge on any atom is -0.481 e. The molecule has 382 valence electrons. The first-order valence-electron chi connectivity index (χ1n) is 24.5. The van der Waals surface area contributed by atoms with Crippen LogP contribution in [-0.4, -0.2) is 140 Å². The number of likely N-dealkylation sites (N-methyl/N-ethyl adjacent to an activating group) is 1. The molecule has 0 radical (unpaired) electrons. The average molecular weight is 960 g/mol. The van der Waals surface area contributed by atoms with Crippen LogP contribution in [0.5, 0.6) is 0 Å². The summed E-state index contributed by atoms with van der Waals surface area (Å²) < 4.78 is 21.9. The third-order valence-corrected chi connectivity index (χ3v) is 12.4. The maximum absolute atomic E-state index is 12.4. The summed E-state index contributed by atoms with van der Waals surface area (Å²) >= 11 is 1.97. The van der Waals surface area contributed by atoms with Crippen molar-refractivity contribution in [2.24, 2.45) is 17.8 Å². The number of carbonyl (C=O) groups is 8. The van der Waals surface area contributed by atoms with Gasteiger partial charge in [-0.1, -0.05) is 52.4 Å². The highest BCUT2D eigenvalue weighted by molar-refractivity contribution is 7.99. The number of nitrogens with one attached hydrogen (secondary N) is 1. The molecular formula is C49H85NO15S. The predicted molar refractivity (Wildman–Crippen MR) is 254 cm³/mol. The Bertz CT molecular complexity index is 1360. The lowest BCUT2D eigenvalue weighted by molar-refractivity contribution is -0.148. The number of ketones is 5. The SMILES string of the molecule is CNC(CCCCCC(=O)CCC(C(=O)O)C(=O)COCC(=O)CCCCOCCOCCOCCCCC(=O)CCCCCSCCCCCCCC(=O)CC(C(=O)O)C(C)C)C(=O)O. The second-order valence-corrected chi connectivity index (χ2v) is 18.6. The number of Topliss-reactive ketones (excluding diaryl/α,β-unsaturated/α-hetero) is 5. The average Bonchev–Trinajstić information content (AvgIpc) is 3.26. The Morgan fingerprint density at radius 2 is 0.909 bits per heavy atom. The summed E-state index contributed by atoms with van der Waals surface area (Å²) in [6.07, 6.45) is 15.7. The zero-order valence-corrected chi connectivity index (χ0v) is 41.3. The maximum atomic E-state index is 12.4. The maximum Gasteiger partial charge on any atom is 0.320 e. The van der Waals surface area contributed by atoms with E-state index in [2.05, 4.69) is 5.32 Å². The van der Waals surface area contributed by atoms with Crippen molar-refractivity contribution < 1.29 is 72.6 Å². The van der Waals surface area contributed by atoms with Gasteiger partial charge in [0.05, 0.1) is 32.3 Å². The van der Waals surface area contributed by atoms with Gasteiger partial charge in [0.2, 0.25) is 0 Å². The van der Waals surface area contributed by atoms with E-state index in [4.69, 9.17) is 24.1 Å². The van der Waals surface area contributed by atoms with Crippen LogP contribution in [0, 0.1) is 17.8 Å². The van der Waals surface area contributed by atoms with E-state index >= 15 is 0 Å². The molecular weight excluding hydrogens is 875 g/mol. The second-order valence-electron chi connectivity index (χ2n) is 17.4. The number of carbonyl (C=O) groups excluding carboxylic acids is 5. The summed E-state index contributed by atoms with van der Waals surface area (Å²) in [7, 11) is 1.58. The van der Waals surface area contributed by atoms with Gasteiger partial charge < -0.3 is 39.6 Å². The first-order chi connectivity index (χ1) is 31.7. The van der Waals surface area contributed by atoms with Crippen LogP contribution in [0.4, 0.5) is 0 Å². The number of unbranched alkanes of at least 4 members (excludes halogenated alkanes) is 10. The Morgan fingerprint density at radius 3 is 1.42 bits per heavy atom. The van der Waals surface area contributed by atoms with E-state index in [-0.39, 0.29) is 62.0 Å². The van der Waals surface area contributed by atoms with E-state index in [0.29, 0.717) is 103 Å². The fourth-order valence-electron chi connectivity index (χ4n) is 7.07. The van der Waals surface area contributed by atoms with Gasteiger partial charge in [0.1, 0.15) is 42.5 Å². The molecule has 4 N–H and O–H groups in total. The molecule has 0 aliphatic rings. The number of carboxylic acid groups (broad SMARTS) is 3. The van der Waals surface area contributed by atoms with E-state index in [1.54, 1.807) is 7.05 Å². The van der Waals surface area contributed by atoms with Crippen molar-refractivity contribution in [3.05, 3.63) is 0 Å². The highest BCUT2D eigenvalue weighted by atomic mass is 32.2. The Balaban J connectivity index is 3.60. The fourth-order valence-corrected chi connectivity index (χ4v) is 8.09. The van der Waals surface area contributed by atoms with Gasteiger partial charge in [-0.05, 0) is 95.1 Å². The van der Waals surface area contributed by atoms with Crippen LogP contribution < -0.4 is 5.32 Å². The van der Waals surface area contributed by atoms with Crippen molar-refractivity contribution in [1.29, 1.82) is 0 Å². The zero-order chi connectivity index (χ0) is 49.2. The zero-order valence-electron chi connectivity index (χ0n) is 40.5. The summed E-state index contributed by atoms with van der Waals surface area (Å²) in [6.45, 7) is 5.65. The van der Waals surface area contributed by atoms with Gasteiger partial charge in [-0.15, -0.1) is 0 Å². The quantitative estimate of drug-likeness (QED) is 0.0336. The van der Waals surface area contributed by atoms with E-state index < -0.39 is 48.2 Å². The molecule has 3 unspecified atom stereocenters. The van der Waals surface area contributed by atoms with Gasteiger partial charge in [-0.2, -0.15) is 11.8 Å². The van der Waals surface area contributed by atoms with Gasteiger partial charge in [0.15, 0.2) is 11.6 Å². The van der Waals surface area contributed by atoms with Gasteiger partial charge in [-0.3, -0.25) is 38.4 Å². The molecule has 0 saturated heterocycles. The fraction of sp³-hybridized carbons (Fsp3) is 0.837. The van der Waals surface area contributed by atoms with Crippen LogP contribution in [0.25, 0.3) is 0 Å². The molecule has 0 aliphatic heterocycles. The predicted octanol–water partition coefficient (Wildman–Crippen LogP) is 7.72. The molecule has 0 aromatic heterocycles. The molecule has 0 fully saturated rings. The van der Waals surface area contributed by atoms with Crippen LogP contribution >= 0.6 is 11.8 Å². The van der Waals surface area contributed by atoms with Crippen LogP contribution in [0.2, 0.25) is 0 Å². The molecule has 0 aromatic rings. The number of hydrogen-bond donors (Lipinski definition) is 4. The lowest BCUT2D eigenvalue weighted by atomic mass is 9.89. The van der Waals surface area contributed by atoms with Crippen LogP contribution in [0.1, 0.15) is 168 Å². The highest BCUT2D eigenvalue weighted by Crippen LogP contribution is 2.19. The number of aliphatic carboxylic acids is 3. The number of ether oxygens (including phenoxy) is 4. The van der Waals surface area contributed by atoms with E-state index in [1.165, 1.54) is 6.42 Å². The number of carboxylic acids is 3. The monoisotopic (exact) mass is 960 g/mol. The Morgan fingerprint density at radius 1 is 0.455 bits per heavy atom. The van der Waals surface area contributed by atoms with Crippen molar-refractivity contribution in [3.8, 4) is 0 Å². The third-order valence-electron chi connectivity index (χ3n) is 11.3.